The van der Waals surface area contributed by atoms with Crippen LogP contribution in [-0.2, 0) is 0 Å². The largest absolute Gasteiger partial charge is 0.595 e. The Morgan fingerprint density at radius 2 is 1.29 bits per heavy atom. The number of carbonyl (C=O) groups is 2. The SMILES string of the molecule is CC1(C)C2CCC1(C)C(NC(=O)c1ccc([NH+]([O-])O)cc1)C2NC(=O)c1ccc([NH+]([O-])O)cc1. The average molecular weight is 471 g/mol. The van der Waals surface area contributed by atoms with E-state index in [1.54, 1.807) is 0 Å². The third-order valence-electron chi connectivity index (χ3n) is 8.23. The number of fused-ring (bicyclic) bond motifs is 2. The van der Waals surface area contributed by atoms with Crippen molar-refractivity contribution in [2.45, 2.75) is 45.7 Å². The van der Waals surface area contributed by atoms with Gasteiger partial charge in [0.15, 0.2) is 11.4 Å². The first-order valence-electron chi connectivity index (χ1n) is 11.2. The standard InChI is InChI=1S/C24H30N4O6/c1-23(2)18-12-13-24(23,3)20(26-22(30)15-6-10-17(11-7-15)28(33)34)19(18)25-21(29)14-4-8-16(9-5-14)27(31)32/h4-11,18-20,27-28,31,33H,12-13H2,1-3H3,(H,25,29)(H,26,30). The molecular weight excluding hydrogens is 440 g/mol. The Kier molecular flexibility index (Phi) is 6.23. The Bertz CT molecular complexity index is 1070. The molecule has 0 radical (unpaired) electrons. The minimum Gasteiger partial charge on any atom is -0.595 e. The van der Waals surface area contributed by atoms with Crippen LogP contribution < -0.4 is 21.1 Å². The number of quaternary nitrogens is 2. The summed E-state index contributed by atoms with van der Waals surface area (Å²) in [7, 11) is 0. The second kappa shape index (κ2) is 8.73. The number of carbonyl (C=O) groups excluding carboxylic acids is 2. The van der Waals surface area contributed by atoms with Crippen LogP contribution >= 0.6 is 0 Å². The maximum absolute atomic E-state index is 13.1. The van der Waals surface area contributed by atoms with Crippen molar-refractivity contribution in [1.82, 2.24) is 10.6 Å². The summed E-state index contributed by atoms with van der Waals surface area (Å²) in [5, 5.41) is 44.5. The molecule has 2 bridgehead atoms. The summed E-state index contributed by atoms with van der Waals surface area (Å²) in [6, 6.07) is 10.9. The Morgan fingerprint density at radius 1 is 0.853 bits per heavy atom. The maximum Gasteiger partial charge on any atom is 0.251 e. The van der Waals surface area contributed by atoms with Crippen LogP contribution in [0.15, 0.2) is 48.5 Å². The average Bonchev–Trinajstić information content (AvgIpc) is 3.12. The van der Waals surface area contributed by atoms with E-state index in [9.17, 15) is 20.0 Å². The zero-order chi connectivity index (χ0) is 24.8. The lowest BCUT2D eigenvalue weighted by Gasteiger charge is -2.40. The van der Waals surface area contributed by atoms with Gasteiger partial charge in [0.1, 0.15) is 0 Å². The van der Waals surface area contributed by atoms with Crippen LogP contribution in [-0.4, -0.2) is 34.3 Å². The lowest BCUT2D eigenvalue weighted by molar-refractivity contribution is -0.991. The molecule has 2 aromatic rings. The van der Waals surface area contributed by atoms with Gasteiger partial charge in [0.2, 0.25) is 0 Å². The molecule has 0 aromatic heterocycles. The van der Waals surface area contributed by atoms with Crippen molar-refractivity contribution in [1.29, 1.82) is 0 Å². The van der Waals surface area contributed by atoms with E-state index in [0.717, 1.165) is 12.8 Å². The highest BCUT2D eigenvalue weighted by Gasteiger charge is 2.66. The molecule has 0 saturated heterocycles. The van der Waals surface area contributed by atoms with E-state index in [1.165, 1.54) is 48.5 Å². The number of amides is 2. The van der Waals surface area contributed by atoms with Crippen LogP contribution in [0.25, 0.3) is 0 Å². The van der Waals surface area contributed by atoms with Gasteiger partial charge in [-0.3, -0.25) is 9.59 Å². The van der Waals surface area contributed by atoms with Gasteiger partial charge in [-0.2, -0.15) is 10.5 Å². The molecule has 6 N–H and O–H groups in total. The topological polar surface area (TPSA) is 154 Å². The van der Waals surface area contributed by atoms with E-state index < -0.39 is 10.5 Å². The first-order valence-corrected chi connectivity index (χ1v) is 11.2. The fourth-order valence-electron chi connectivity index (χ4n) is 5.80. The zero-order valence-corrected chi connectivity index (χ0v) is 19.3. The van der Waals surface area contributed by atoms with Gasteiger partial charge in [-0.1, -0.05) is 20.8 Å². The van der Waals surface area contributed by atoms with Crippen molar-refractivity contribution in [2.75, 3.05) is 0 Å². The molecule has 4 rings (SSSR count). The molecule has 2 amide bonds. The lowest BCUT2D eigenvalue weighted by Crippen LogP contribution is -2.99. The molecule has 2 saturated carbocycles. The third kappa shape index (κ3) is 3.98. The number of hydrogen-bond acceptors (Lipinski definition) is 6. The third-order valence-corrected chi connectivity index (χ3v) is 8.23. The molecule has 0 heterocycles. The molecule has 0 spiro atoms. The summed E-state index contributed by atoms with van der Waals surface area (Å²) in [6.07, 6.45) is 1.83. The van der Waals surface area contributed by atoms with Crippen LogP contribution in [0.2, 0.25) is 0 Å². The summed E-state index contributed by atoms with van der Waals surface area (Å²) in [5.41, 5.74) is 0.518. The molecule has 6 atom stereocenters. The fourth-order valence-corrected chi connectivity index (χ4v) is 5.80. The lowest BCUT2D eigenvalue weighted by atomic mass is 9.69. The van der Waals surface area contributed by atoms with Crippen molar-refractivity contribution in [3.63, 3.8) is 0 Å². The summed E-state index contributed by atoms with van der Waals surface area (Å²) in [4.78, 5) is 26.1. The number of hydrogen-bond donors (Lipinski definition) is 6. The molecule has 2 aromatic carbocycles. The molecule has 2 aliphatic rings. The normalized spacial score (nSPS) is 28.9. The molecule has 2 aliphatic carbocycles. The van der Waals surface area contributed by atoms with Crippen LogP contribution in [0, 0.1) is 27.2 Å². The summed E-state index contributed by atoms with van der Waals surface area (Å²) in [6.45, 7) is 6.47. The monoisotopic (exact) mass is 470 g/mol. The fraction of sp³-hybridized carbons (Fsp3) is 0.417. The van der Waals surface area contributed by atoms with Crippen LogP contribution in [0.4, 0.5) is 11.4 Å². The second-order valence-electron chi connectivity index (χ2n) is 10.00. The maximum atomic E-state index is 13.1. The minimum absolute atomic E-state index is 0.101. The van der Waals surface area contributed by atoms with Crippen LogP contribution in [0.3, 0.4) is 0 Å². The Labute approximate surface area is 197 Å². The summed E-state index contributed by atoms with van der Waals surface area (Å²) in [5.74, 6) is -0.491. The van der Waals surface area contributed by atoms with Gasteiger partial charge in [0.25, 0.3) is 11.8 Å². The van der Waals surface area contributed by atoms with Crippen molar-refractivity contribution < 1.29 is 30.5 Å². The Hall–Kier alpha value is -2.86. The predicted octanol–water partition coefficient (Wildman–Crippen LogP) is 0.847. The second-order valence-corrected chi connectivity index (χ2v) is 10.00. The minimum atomic E-state index is -1.06. The van der Waals surface area contributed by atoms with E-state index in [1.807, 2.05) is 0 Å². The van der Waals surface area contributed by atoms with Crippen molar-refractivity contribution in [3.05, 3.63) is 70.1 Å². The predicted molar refractivity (Wildman–Crippen MR) is 122 cm³/mol. The van der Waals surface area contributed by atoms with Crippen molar-refractivity contribution in [3.8, 4) is 0 Å². The molecule has 182 valence electrons. The quantitative estimate of drug-likeness (QED) is 0.344. The van der Waals surface area contributed by atoms with Crippen LogP contribution in [0.5, 0.6) is 0 Å². The first kappa shape index (κ1) is 24.3. The molecule has 2 fully saturated rings. The number of rotatable bonds is 6. The van der Waals surface area contributed by atoms with E-state index in [4.69, 9.17) is 10.4 Å². The number of benzene rings is 2. The van der Waals surface area contributed by atoms with Crippen LogP contribution in [0.1, 0.15) is 54.3 Å². The highest BCUT2D eigenvalue weighted by Crippen LogP contribution is 2.65. The van der Waals surface area contributed by atoms with Gasteiger partial charge in [0.05, 0.1) is 12.1 Å². The van der Waals surface area contributed by atoms with Crippen molar-refractivity contribution in [2.24, 2.45) is 16.7 Å². The molecular formula is C24H30N4O6. The van der Waals surface area contributed by atoms with E-state index in [0.29, 0.717) is 11.1 Å². The van der Waals surface area contributed by atoms with E-state index in [2.05, 4.69) is 31.4 Å². The van der Waals surface area contributed by atoms with E-state index in [-0.39, 0.29) is 52.0 Å². The number of nitrogens with one attached hydrogen (secondary N) is 4. The summed E-state index contributed by atoms with van der Waals surface area (Å²) < 4.78 is 0. The van der Waals surface area contributed by atoms with Gasteiger partial charge in [0, 0.05) is 35.4 Å². The van der Waals surface area contributed by atoms with Gasteiger partial charge in [-0.25, -0.2) is 10.4 Å². The van der Waals surface area contributed by atoms with Crippen molar-refractivity contribution >= 4 is 23.2 Å². The smallest absolute Gasteiger partial charge is 0.251 e. The zero-order valence-electron chi connectivity index (χ0n) is 19.3. The highest BCUT2D eigenvalue weighted by atomic mass is 16.8. The Balaban J connectivity index is 1.56. The van der Waals surface area contributed by atoms with Gasteiger partial charge in [-0.15, -0.1) is 0 Å². The molecule has 6 unspecified atom stereocenters. The van der Waals surface area contributed by atoms with E-state index >= 15 is 0 Å². The van der Waals surface area contributed by atoms with Gasteiger partial charge in [-0.05, 0) is 53.9 Å². The first-order chi connectivity index (χ1) is 16.0. The highest BCUT2D eigenvalue weighted by molar-refractivity contribution is 5.96. The summed E-state index contributed by atoms with van der Waals surface area (Å²) >= 11 is 0. The molecule has 34 heavy (non-hydrogen) atoms. The molecule has 10 heteroatoms. The van der Waals surface area contributed by atoms with Gasteiger partial charge >= 0.3 is 0 Å². The Morgan fingerprint density at radius 3 is 1.74 bits per heavy atom. The van der Waals surface area contributed by atoms with Gasteiger partial charge < -0.3 is 21.0 Å². The molecule has 10 nitrogen and oxygen atoms in total. The molecule has 0 aliphatic heterocycles.